The Labute approximate surface area is 218 Å². The Balaban J connectivity index is 1.45. The monoisotopic (exact) mass is 510 g/mol. The summed E-state index contributed by atoms with van der Waals surface area (Å²) >= 11 is 11.4. The van der Waals surface area contributed by atoms with E-state index in [0.717, 1.165) is 16.7 Å². The quantitative estimate of drug-likeness (QED) is 0.186. The summed E-state index contributed by atoms with van der Waals surface area (Å²) in [6.45, 7) is 0. The van der Waals surface area contributed by atoms with Crippen molar-refractivity contribution in [3.63, 3.8) is 0 Å². The van der Waals surface area contributed by atoms with Crippen LogP contribution in [0, 0.1) is 0 Å². The Morgan fingerprint density at radius 2 is 1.42 bits per heavy atom. The molecule has 1 aliphatic rings. The van der Waals surface area contributed by atoms with Crippen LogP contribution in [0.3, 0.4) is 0 Å². The van der Waals surface area contributed by atoms with Crippen LogP contribution in [0.2, 0.25) is 5.02 Å². The summed E-state index contributed by atoms with van der Waals surface area (Å²) in [5, 5.41) is 3.27. The molecule has 2 amide bonds. The molecule has 0 aromatic heterocycles. The Morgan fingerprint density at radius 1 is 0.778 bits per heavy atom. The molecule has 4 aromatic carbocycles. The minimum Gasteiger partial charge on any atom is -0.457 e. The maximum atomic E-state index is 13.5. The van der Waals surface area contributed by atoms with Gasteiger partial charge in [0.15, 0.2) is 5.11 Å². The fourth-order valence-corrected chi connectivity index (χ4v) is 4.26. The first-order valence-electron chi connectivity index (χ1n) is 11.1. The molecule has 5 nitrogen and oxygen atoms in total. The molecule has 1 fully saturated rings. The zero-order valence-corrected chi connectivity index (χ0v) is 20.4. The lowest BCUT2D eigenvalue weighted by atomic mass is 9.97. The summed E-state index contributed by atoms with van der Waals surface area (Å²) in [7, 11) is 0. The van der Waals surface area contributed by atoms with E-state index in [0.29, 0.717) is 22.2 Å². The second kappa shape index (κ2) is 10.2. The van der Waals surface area contributed by atoms with Gasteiger partial charge in [0.25, 0.3) is 11.8 Å². The summed E-state index contributed by atoms with van der Waals surface area (Å²) in [5.41, 5.74) is 3.00. The lowest BCUT2D eigenvalue weighted by Crippen LogP contribution is -2.54. The molecule has 5 rings (SSSR count). The molecule has 1 N–H and O–H groups in total. The molecule has 0 aliphatic carbocycles. The van der Waals surface area contributed by atoms with E-state index in [1.54, 1.807) is 42.5 Å². The van der Waals surface area contributed by atoms with Gasteiger partial charge in [0, 0.05) is 5.02 Å². The molecular weight excluding hydrogens is 492 g/mol. The SMILES string of the molecule is O=C1NC(=S)N(c2ccc(Oc3ccccc3)cc2)C(=O)C1=Cc1ccccc1-c1ccc(Cl)cc1. The number of carbonyl (C=O) groups excluding carboxylic acids is 2. The molecule has 0 bridgehead atoms. The van der Waals surface area contributed by atoms with Crippen LogP contribution < -0.4 is 15.0 Å². The average Bonchev–Trinajstić information content (AvgIpc) is 2.89. The van der Waals surface area contributed by atoms with Crippen LogP contribution in [0.4, 0.5) is 5.69 Å². The molecule has 1 saturated heterocycles. The highest BCUT2D eigenvalue weighted by atomic mass is 35.5. The van der Waals surface area contributed by atoms with E-state index in [2.05, 4.69) is 5.32 Å². The Hall–Kier alpha value is -4.26. The van der Waals surface area contributed by atoms with E-state index >= 15 is 0 Å². The molecule has 4 aromatic rings. The molecule has 0 unspecified atom stereocenters. The van der Waals surface area contributed by atoms with Gasteiger partial charge in [0.05, 0.1) is 5.69 Å². The zero-order chi connectivity index (χ0) is 25.1. The van der Waals surface area contributed by atoms with Crippen molar-refractivity contribution >= 4 is 52.5 Å². The number of rotatable bonds is 5. The van der Waals surface area contributed by atoms with Gasteiger partial charge in [-0.3, -0.25) is 19.8 Å². The summed E-state index contributed by atoms with van der Waals surface area (Å²) < 4.78 is 5.83. The van der Waals surface area contributed by atoms with Crippen LogP contribution in [0.5, 0.6) is 11.5 Å². The van der Waals surface area contributed by atoms with Gasteiger partial charge in [-0.05, 0) is 83.5 Å². The van der Waals surface area contributed by atoms with E-state index in [4.69, 9.17) is 28.6 Å². The van der Waals surface area contributed by atoms with Gasteiger partial charge in [0.2, 0.25) is 0 Å². The molecule has 7 heteroatoms. The molecule has 0 spiro atoms. The van der Waals surface area contributed by atoms with Crippen LogP contribution >= 0.6 is 23.8 Å². The molecule has 36 heavy (non-hydrogen) atoms. The highest BCUT2D eigenvalue weighted by Gasteiger charge is 2.34. The number of halogens is 1. The number of anilines is 1. The summed E-state index contributed by atoms with van der Waals surface area (Å²) in [6, 6.07) is 31.2. The Morgan fingerprint density at radius 3 is 2.14 bits per heavy atom. The van der Waals surface area contributed by atoms with Crippen molar-refractivity contribution in [2.75, 3.05) is 4.90 Å². The van der Waals surface area contributed by atoms with Gasteiger partial charge in [-0.15, -0.1) is 0 Å². The number of ether oxygens (including phenoxy) is 1. The van der Waals surface area contributed by atoms with Gasteiger partial charge >= 0.3 is 0 Å². The fourth-order valence-electron chi connectivity index (χ4n) is 3.85. The molecule has 1 heterocycles. The van der Waals surface area contributed by atoms with Crippen molar-refractivity contribution in [3.05, 3.63) is 119 Å². The van der Waals surface area contributed by atoms with Crippen molar-refractivity contribution in [1.29, 1.82) is 0 Å². The number of hydrogen-bond donors (Lipinski definition) is 1. The Kier molecular flexibility index (Phi) is 6.62. The van der Waals surface area contributed by atoms with Crippen molar-refractivity contribution in [3.8, 4) is 22.6 Å². The van der Waals surface area contributed by atoms with Crippen LogP contribution in [0.15, 0.2) is 109 Å². The second-order valence-electron chi connectivity index (χ2n) is 7.96. The predicted molar refractivity (Wildman–Crippen MR) is 146 cm³/mol. The fraction of sp³-hybridized carbons (Fsp3) is 0. The van der Waals surface area contributed by atoms with E-state index in [9.17, 15) is 9.59 Å². The third-order valence-corrected chi connectivity index (χ3v) is 6.13. The van der Waals surface area contributed by atoms with E-state index < -0.39 is 11.8 Å². The second-order valence-corrected chi connectivity index (χ2v) is 8.78. The minimum atomic E-state index is -0.545. The van der Waals surface area contributed by atoms with E-state index in [1.807, 2.05) is 66.7 Å². The maximum absolute atomic E-state index is 13.5. The lowest BCUT2D eigenvalue weighted by Gasteiger charge is -2.29. The minimum absolute atomic E-state index is 0.0184. The molecule has 176 valence electrons. The van der Waals surface area contributed by atoms with Crippen LogP contribution in [0.1, 0.15) is 5.56 Å². The van der Waals surface area contributed by atoms with Crippen molar-refractivity contribution in [2.45, 2.75) is 0 Å². The number of nitrogens with one attached hydrogen (secondary N) is 1. The predicted octanol–water partition coefficient (Wildman–Crippen LogP) is 6.63. The van der Waals surface area contributed by atoms with Gasteiger partial charge in [-0.25, -0.2) is 0 Å². The standard InChI is InChI=1S/C29H19ClN2O3S/c30-21-12-10-19(11-13-21)25-9-5-4-6-20(25)18-26-27(33)31-29(36)32(28(26)34)22-14-16-24(17-15-22)35-23-7-2-1-3-8-23/h1-18H,(H,31,33,36). The first kappa shape index (κ1) is 23.5. The molecule has 0 radical (unpaired) electrons. The number of para-hydroxylation sites is 1. The number of amides is 2. The number of thiocarbonyl (C=S) groups is 1. The highest BCUT2D eigenvalue weighted by Crippen LogP contribution is 2.30. The topological polar surface area (TPSA) is 58.6 Å². The number of nitrogens with zero attached hydrogens (tertiary/aromatic N) is 1. The number of benzene rings is 4. The third kappa shape index (κ3) is 4.91. The number of carbonyl (C=O) groups is 2. The molecule has 1 aliphatic heterocycles. The van der Waals surface area contributed by atoms with Crippen molar-refractivity contribution in [1.82, 2.24) is 5.32 Å². The molecular formula is C29H19ClN2O3S. The highest BCUT2D eigenvalue weighted by molar-refractivity contribution is 7.80. The van der Waals surface area contributed by atoms with Crippen molar-refractivity contribution < 1.29 is 14.3 Å². The summed E-state index contributed by atoms with van der Waals surface area (Å²) in [5.74, 6) is 0.256. The van der Waals surface area contributed by atoms with Crippen LogP contribution in [-0.2, 0) is 9.59 Å². The number of hydrogen-bond acceptors (Lipinski definition) is 4. The van der Waals surface area contributed by atoms with Crippen LogP contribution in [-0.4, -0.2) is 16.9 Å². The van der Waals surface area contributed by atoms with E-state index in [-0.39, 0.29) is 10.7 Å². The third-order valence-electron chi connectivity index (χ3n) is 5.59. The van der Waals surface area contributed by atoms with Gasteiger partial charge in [-0.2, -0.15) is 0 Å². The van der Waals surface area contributed by atoms with Gasteiger partial charge < -0.3 is 4.74 Å². The molecule has 0 atom stereocenters. The van der Waals surface area contributed by atoms with Gasteiger partial charge in [0.1, 0.15) is 17.1 Å². The lowest BCUT2D eigenvalue weighted by molar-refractivity contribution is -0.122. The largest absolute Gasteiger partial charge is 0.457 e. The van der Waals surface area contributed by atoms with Gasteiger partial charge in [-0.1, -0.05) is 66.2 Å². The summed E-state index contributed by atoms with van der Waals surface area (Å²) in [6.07, 6.45) is 1.59. The average molecular weight is 511 g/mol. The smallest absolute Gasteiger partial charge is 0.270 e. The molecule has 0 saturated carbocycles. The maximum Gasteiger partial charge on any atom is 0.270 e. The first-order valence-corrected chi connectivity index (χ1v) is 11.9. The first-order chi connectivity index (χ1) is 17.5. The van der Waals surface area contributed by atoms with Crippen molar-refractivity contribution in [2.24, 2.45) is 0 Å². The zero-order valence-electron chi connectivity index (χ0n) is 18.9. The Bertz CT molecular complexity index is 1480. The normalized spacial score (nSPS) is 14.6. The van der Waals surface area contributed by atoms with Crippen LogP contribution in [0.25, 0.3) is 17.2 Å². The summed E-state index contributed by atoms with van der Waals surface area (Å²) in [4.78, 5) is 27.6. The van der Waals surface area contributed by atoms with E-state index in [1.165, 1.54) is 4.90 Å².